The first kappa shape index (κ1) is 38.9. The van der Waals surface area contributed by atoms with E-state index < -0.39 is 0 Å². The molecule has 0 fully saturated rings. The molecule has 13 rings (SSSR count). The van der Waals surface area contributed by atoms with Crippen molar-refractivity contribution >= 4 is 22.3 Å². The molecule has 0 heterocycles. The van der Waals surface area contributed by atoms with Crippen molar-refractivity contribution in [2.75, 3.05) is 0 Å². The molecule has 4 unspecified atom stereocenters. The summed E-state index contributed by atoms with van der Waals surface area (Å²) in [5, 5.41) is 5.70. The molecule has 0 spiro atoms. The van der Waals surface area contributed by atoms with Gasteiger partial charge in [0, 0.05) is 29.1 Å². The van der Waals surface area contributed by atoms with Gasteiger partial charge >= 0.3 is 0 Å². The molecule has 0 nitrogen and oxygen atoms in total. The van der Waals surface area contributed by atoms with E-state index in [1.54, 1.807) is 44.6 Å². The third-order valence-corrected chi connectivity index (χ3v) is 16.6. The molecule has 0 amide bonds. The quantitative estimate of drug-likeness (QED) is 0.188. The Labute approximate surface area is 384 Å². The highest BCUT2D eigenvalue weighted by molar-refractivity contribution is 5.86. The van der Waals surface area contributed by atoms with Gasteiger partial charge in [0.15, 0.2) is 0 Å². The fraction of sp³-hybridized carbons (Fsp3) is 0.231. The van der Waals surface area contributed by atoms with Gasteiger partial charge in [0.05, 0.1) is 0 Å². The van der Waals surface area contributed by atoms with Gasteiger partial charge in [-0.1, -0.05) is 190 Å². The van der Waals surface area contributed by atoms with Crippen molar-refractivity contribution in [2.24, 2.45) is 23.7 Å². The fourth-order valence-electron chi connectivity index (χ4n) is 13.5. The Morgan fingerprint density at radius 2 is 0.892 bits per heavy atom. The summed E-state index contributed by atoms with van der Waals surface area (Å²) in [7, 11) is 0. The van der Waals surface area contributed by atoms with E-state index in [-0.39, 0.29) is 5.41 Å². The predicted octanol–water partition coefficient (Wildman–Crippen LogP) is 12.7. The first-order valence-electron chi connectivity index (χ1n) is 24.5. The largest absolute Gasteiger partial charge is 0.0842 e. The minimum atomic E-state index is -0.0284. The van der Waals surface area contributed by atoms with Crippen molar-refractivity contribution in [1.29, 1.82) is 0 Å². The first-order chi connectivity index (χ1) is 32.0. The van der Waals surface area contributed by atoms with Crippen LogP contribution in [0.2, 0.25) is 0 Å². The van der Waals surface area contributed by atoms with Gasteiger partial charge < -0.3 is 0 Å². The van der Waals surface area contributed by atoms with Crippen LogP contribution in [-0.2, 0) is 5.41 Å². The summed E-state index contributed by atoms with van der Waals surface area (Å²) < 4.78 is 0. The molecule has 9 aliphatic carbocycles. The van der Waals surface area contributed by atoms with Crippen LogP contribution in [0.1, 0.15) is 81.9 Å². The third kappa shape index (κ3) is 6.16. The van der Waals surface area contributed by atoms with E-state index in [1.165, 1.54) is 65.4 Å². The molecular formula is C65H56. The molecular weight excluding hydrogens is 781 g/mol. The van der Waals surface area contributed by atoms with Crippen LogP contribution in [-0.4, -0.2) is 0 Å². The second kappa shape index (κ2) is 15.3. The highest BCUT2D eigenvalue weighted by Crippen LogP contribution is 2.51. The molecule has 0 saturated carbocycles. The zero-order valence-electron chi connectivity index (χ0n) is 37.8. The summed E-state index contributed by atoms with van der Waals surface area (Å²) >= 11 is 0. The minimum absolute atomic E-state index is 0.0284. The van der Waals surface area contributed by atoms with Crippen LogP contribution in [0.15, 0.2) is 221 Å². The molecule has 0 aliphatic heterocycles. The minimum Gasteiger partial charge on any atom is -0.0842 e. The van der Waals surface area contributed by atoms with E-state index in [0.717, 1.165) is 51.4 Å². The molecule has 9 aliphatic rings. The van der Waals surface area contributed by atoms with Gasteiger partial charge in [-0.2, -0.15) is 0 Å². The molecule has 0 N–H and O–H groups in total. The van der Waals surface area contributed by atoms with E-state index in [2.05, 4.69) is 196 Å². The van der Waals surface area contributed by atoms with Crippen molar-refractivity contribution < 1.29 is 0 Å². The summed E-state index contributed by atoms with van der Waals surface area (Å²) in [6.07, 6.45) is 45.2. The Morgan fingerprint density at radius 1 is 0.400 bits per heavy atom. The van der Waals surface area contributed by atoms with Gasteiger partial charge in [-0.15, -0.1) is 0 Å². The normalized spacial score (nSPS) is 25.3. The smallest absolute Gasteiger partial charge is 0.0159 e. The number of hydrogen-bond donors (Lipinski definition) is 0. The molecule has 0 radical (unpaired) electrons. The fourth-order valence-corrected chi connectivity index (χ4v) is 13.5. The van der Waals surface area contributed by atoms with Crippen LogP contribution >= 0.6 is 0 Å². The molecule has 0 aromatic heterocycles. The highest BCUT2D eigenvalue weighted by Gasteiger charge is 2.38. The summed E-state index contributed by atoms with van der Waals surface area (Å²) in [6, 6.07) is 35.0. The summed E-state index contributed by atoms with van der Waals surface area (Å²) in [5.74, 6) is 1.37. The molecule has 4 aromatic carbocycles. The van der Waals surface area contributed by atoms with Crippen molar-refractivity contribution in [1.82, 2.24) is 0 Å². The Hall–Kier alpha value is -6.50. The van der Waals surface area contributed by atoms with Crippen LogP contribution < -0.4 is 20.9 Å². The monoisotopic (exact) mass is 836 g/mol. The lowest BCUT2D eigenvalue weighted by Crippen LogP contribution is -2.40. The zero-order chi connectivity index (χ0) is 43.2. The lowest BCUT2D eigenvalue weighted by molar-refractivity contribution is 0.658. The van der Waals surface area contributed by atoms with Crippen LogP contribution in [0.25, 0.3) is 33.4 Å². The second-order valence-electron chi connectivity index (χ2n) is 20.3. The molecule has 0 heteroatoms. The van der Waals surface area contributed by atoms with Crippen molar-refractivity contribution in [3.8, 4) is 11.1 Å². The lowest BCUT2D eigenvalue weighted by atomic mass is 9.67. The topological polar surface area (TPSA) is 0 Å². The van der Waals surface area contributed by atoms with E-state index in [1.807, 2.05) is 0 Å². The molecule has 0 saturated heterocycles. The first-order valence-corrected chi connectivity index (χ1v) is 24.5. The van der Waals surface area contributed by atoms with Gasteiger partial charge in [0.2, 0.25) is 0 Å². The maximum Gasteiger partial charge on any atom is 0.0159 e. The second-order valence-corrected chi connectivity index (χ2v) is 20.3. The van der Waals surface area contributed by atoms with Crippen molar-refractivity contribution in [3.63, 3.8) is 0 Å². The summed E-state index contributed by atoms with van der Waals surface area (Å²) in [6.45, 7) is 4.80. The average molecular weight is 837 g/mol. The van der Waals surface area contributed by atoms with Crippen molar-refractivity contribution in [2.45, 2.75) is 70.6 Å². The van der Waals surface area contributed by atoms with Gasteiger partial charge in [-0.25, -0.2) is 0 Å². The standard InChI is InChI=1S/C65H56/c1-65(2)59-27-15-14-18-49(59)50-37-36-48(40-60(50)65)64-57-25-12-10-23-55(57)63(56-24-11-13-26-58(56)64)47-35-34-45-38-44(32-33-46(45)39-47)41-28-30-43(31-29-41)62-53-21-8-6-19-51(53)61(42-16-4-3-5-17-42)52-20-7-9-22-54(52)62/h3-4,6-16,18-28,30,36-40,51,53,55,57H,5,17,29,31-35H2,1-2H3. The molecule has 65 heavy (non-hydrogen) atoms. The maximum atomic E-state index is 2.62. The predicted molar refractivity (Wildman–Crippen MR) is 272 cm³/mol. The number of rotatable bonds is 5. The molecule has 4 atom stereocenters. The zero-order valence-corrected chi connectivity index (χ0v) is 37.8. The van der Waals surface area contributed by atoms with Crippen molar-refractivity contribution in [3.05, 3.63) is 259 Å². The van der Waals surface area contributed by atoms with Crippen LogP contribution in [0.5, 0.6) is 0 Å². The third-order valence-electron chi connectivity index (χ3n) is 16.6. The van der Waals surface area contributed by atoms with Crippen LogP contribution in [0, 0.1) is 23.7 Å². The van der Waals surface area contributed by atoms with E-state index >= 15 is 0 Å². The number of fused-ring (bicyclic) bond motifs is 7. The Morgan fingerprint density at radius 3 is 1.51 bits per heavy atom. The molecule has 0 bridgehead atoms. The van der Waals surface area contributed by atoms with Gasteiger partial charge in [-0.05, 0) is 167 Å². The number of hydrogen-bond acceptors (Lipinski definition) is 0. The average Bonchev–Trinajstić information content (AvgIpc) is 3.59. The SMILES string of the molecule is CC1(C)c2ccccc2-c2ccc(C3=c4ccccc4=C(C4=CC5=C(C=C(C6=CC=C(C7=c8ccccc8=C(C8=CC=CCC8)C8C=CC=CC78)CC6)CC5)CC4)C4C=CC=CC34)cc21. The highest BCUT2D eigenvalue weighted by atomic mass is 14.4. The Balaban J connectivity index is 0.862. The van der Waals surface area contributed by atoms with Crippen LogP contribution in [0.4, 0.5) is 0 Å². The summed E-state index contributed by atoms with van der Waals surface area (Å²) in [5.41, 5.74) is 23.9. The lowest BCUT2D eigenvalue weighted by Gasteiger charge is -2.36. The molecule has 316 valence electrons. The Kier molecular flexibility index (Phi) is 9.17. The van der Waals surface area contributed by atoms with Gasteiger partial charge in [0.25, 0.3) is 0 Å². The van der Waals surface area contributed by atoms with E-state index in [4.69, 9.17) is 0 Å². The Bertz CT molecular complexity index is 3400. The maximum absolute atomic E-state index is 2.62. The number of allylic oxidation sites excluding steroid dienone is 22. The van der Waals surface area contributed by atoms with E-state index in [9.17, 15) is 0 Å². The van der Waals surface area contributed by atoms with E-state index in [0.29, 0.717) is 23.7 Å². The summed E-state index contributed by atoms with van der Waals surface area (Å²) in [4.78, 5) is 0. The van der Waals surface area contributed by atoms with Crippen LogP contribution in [0.3, 0.4) is 0 Å². The molecule has 4 aromatic rings. The van der Waals surface area contributed by atoms with Gasteiger partial charge in [-0.3, -0.25) is 0 Å². The van der Waals surface area contributed by atoms with Gasteiger partial charge in [0.1, 0.15) is 0 Å². The number of benzene rings is 4.